The Hall–Kier alpha value is -2.07. The summed E-state index contributed by atoms with van der Waals surface area (Å²) in [5.74, 6) is 0.875. The Balaban J connectivity index is 1.80. The van der Waals surface area contributed by atoms with E-state index in [1.807, 2.05) is 30.3 Å². The van der Waals surface area contributed by atoms with Gasteiger partial charge in [0.2, 0.25) is 0 Å². The minimum atomic E-state index is -0.0474. The fourth-order valence-electron chi connectivity index (χ4n) is 2.23. The summed E-state index contributed by atoms with van der Waals surface area (Å²) in [5, 5.41) is 6.75. The van der Waals surface area contributed by atoms with E-state index in [4.69, 9.17) is 5.73 Å². The molecule has 0 saturated heterocycles. The third-order valence-corrected chi connectivity index (χ3v) is 3.26. The van der Waals surface area contributed by atoms with Crippen molar-refractivity contribution in [2.75, 3.05) is 17.2 Å². The standard InChI is InChI=1S/C14H16N4/c15-13(10-5-2-1-3-6-10)12-9-17-11-7-4-8-16-14(11)18-12/h1-8,12-13,17H,9,15H2,(H,16,18)/t12-,13?/m0/s1. The fourth-order valence-corrected chi connectivity index (χ4v) is 2.23. The number of hydrogen-bond acceptors (Lipinski definition) is 4. The van der Waals surface area contributed by atoms with Gasteiger partial charge in [-0.05, 0) is 17.7 Å². The third-order valence-electron chi connectivity index (χ3n) is 3.26. The molecule has 18 heavy (non-hydrogen) atoms. The van der Waals surface area contributed by atoms with E-state index in [1.54, 1.807) is 6.20 Å². The highest BCUT2D eigenvalue weighted by molar-refractivity contribution is 5.66. The average Bonchev–Trinajstić information content (AvgIpc) is 2.47. The Bertz CT molecular complexity index is 526. The van der Waals surface area contributed by atoms with E-state index < -0.39 is 0 Å². The number of hydrogen-bond donors (Lipinski definition) is 3. The molecule has 1 aliphatic heterocycles. The molecule has 1 unspecified atom stereocenters. The van der Waals surface area contributed by atoms with Crippen LogP contribution < -0.4 is 16.4 Å². The van der Waals surface area contributed by atoms with Gasteiger partial charge in [-0.15, -0.1) is 0 Å². The van der Waals surface area contributed by atoms with Crippen LogP contribution >= 0.6 is 0 Å². The zero-order valence-electron chi connectivity index (χ0n) is 10.0. The molecular weight excluding hydrogens is 224 g/mol. The van der Waals surface area contributed by atoms with Crippen LogP contribution in [-0.2, 0) is 0 Å². The quantitative estimate of drug-likeness (QED) is 0.751. The highest BCUT2D eigenvalue weighted by Crippen LogP contribution is 2.26. The average molecular weight is 240 g/mol. The molecular formula is C14H16N4. The Morgan fingerprint density at radius 2 is 2.00 bits per heavy atom. The van der Waals surface area contributed by atoms with Gasteiger partial charge in [0.15, 0.2) is 0 Å². The molecule has 2 atom stereocenters. The van der Waals surface area contributed by atoms with E-state index in [0.717, 1.165) is 23.6 Å². The van der Waals surface area contributed by atoms with Gasteiger partial charge in [-0.3, -0.25) is 0 Å². The second kappa shape index (κ2) is 4.66. The maximum Gasteiger partial charge on any atom is 0.149 e. The Morgan fingerprint density at radius 1 is 1.17 bits per heavy atom. The predicted molar refractivity (Wildman–Crippen MR) is 73.5 cm³/mol. The highest BCUT2D eigenvalue weighted by atomic mass is 15.1. The first-order chi connectivity index (χ1) is 8.84. The van der Waals surface area contributed by atoms with Gasteiger partial charge < -0.3 is 16.4 Å². The summed E-state index contributed by atoms with van der Waals surface area (Å²) >= 11 is 0. The maximum atomic E-state index is 6.30. The minimum Gasteiger partial charge on any atom is -0.380 e. The minimum absolute atomic E-state index is 0.0474. The lowest BCUT2D eigenvalue weighted by Crippen LogP contribution is -2.41. The first kappa shape index (κ1) is 11.0. The van der Waals surface area contributed by atoms with Crippen molar-refractivity contribution in [2.24, 2.45) is 5.73 Å². The number of anilines is 2. The number of nitrogens with zero attached hydrogens (tertiary/aromatic N) is 1. The molecule has 1 aromatic heterocycles. The molecule has 0 saturated carbocycles. The number of benzene rings is 1. The van der Waals surface area contributed by atoms with Gasteiger partial charge in [-0.25, -0.2) is 4.98 Å². The van der Waals surface area contributed by atoms with Gasteiger partial charge in [-0.2, -0.15) is 0 Å². The second-order valence-corrected chi connectivity index (χ2v) is 4.47. The summed E-state index contributed by atoms with van der Waals surface area (Å²) in [5.41, 5.74) is 8.47. The monoisotopic (exact) mass is 240 g/mol. The molecule has 0 aliphatic carbocycles. The van der Waals surface area contributed by atoms with Crippen LogP contribution in [0.5, 0.6) is 0 Å². The molecule has 4 nitrogen and oxygen atoms in total. The van der Waals surface area contributed by atoms with E-state index >= 15 is 0 Å². The van der Waals surface area contributed by atoms with E-state index in [1.165, 1.54) is 0 Å². The zero-order valence-corrected chi connectivity index (χ0v) is 10.0. The SMILES string of the molecule is NC(c1ccccc1)[C@@H]1CNc2cccnc2N1. The van der Waals surface area contributed by atoms with Crippen molar-refractivity contribution in [1.82, 2.24) is 4.98 Å². The first-order valence-electron chi connectivity index (χ1n) is 6.10. The van der Waals surface area contributed by atoms with Gasteiger partial charge in [0.25, 0.3) is 0 Å². The first-order valence-corrected chi connectivity index (χ1v) is 6.10. The molecule has 0 bridgehead atoms. The Labute approximate surface area is 106 Å². The molecule has 2 heterocycles. The van der Waals surface area contributed by atoms with Crippen LogP contribution in [0.2, 0.25) is 0 Å². The lowest BCUT2D eigenvalue weighted by Gasteiger charge is -2.31. The van der Waals surface area contributed by atoms with Crippen LogP contribution in [0.4, 0.5) is 11.5 Å². The molecule has 0 radical (unpaired) electrons. The molecule has 0 fully saturated rings. The second-order valence-electron chi connectivity index (χ2n) is 4.47. The Kier molecular flexibility index (Phi) is 2.86. The van der Waals surface area contributed by atoms with Gasteiger partial charge in [0, 0.05) is 12.7 Å². The molecule has 92 valence electrons. The molecule has 2 aromatic rings. The van der Waals surface area contributed by atoms with E-state index in [9.17, 15) is 0 Å². The van der Waals surface area contributed by atoms with E-state index in [-0.39, 0.29) is 12.1 Å². The van der Waals surface area contributed by atoms with Crippen LogP contribution in [-0.4, -0.2) is 17.6 Å². The lowest BCUT2D eigenvalue weighted by molar-refractivity contribution is 0.592. The molecule has 1 aliphatic rings. The van der Waals surface area contributed by atoms with Crippen LogP contribution in [0, 0.1) is 0 Å². The highest BCUT2D eigenvalue weighted by Gasteiger charge is 2.24. The summed E-state index contributed by atoms with van der Waals surface area (Å²) in [6, 6.07) is 14.2. The number of nitrogens with one attached hydrogen (secondary N) is 2. The normalized spacial score (nSPS) is 19.3. The molecule has 0 spiro atoms. The summed E-state index contributed by atoms with van der Waals surface area (Å²) in [4.78, 5) is 4.32. The van der Waals surface area contributed by atoms with Crippen molar-refractivity contribution in [3.05, 3.63) is 54.2 Å². The third kappa shape index (κ3) is 2.02. The predicted octanol–water partition coefficient (Wildman–Crippen LogP) is 1.99. The molecule has 4 heteroatoms. The van der Waals surface area contributed by atoms with Gasteiger partial charge in [-0.1, -0.05) is 30.3 Å². The van der Waals surface area contributed by atoms with Crippen LogP contribution in [0.15, 0.2) is 48.7 Å². The number of aromatic nitrogens is 1. The summed E-state index contributed by atoms with van der Waals surface area (Å²) in [6.45, 7) is 0.800. The van der Waals surface area contributed by atoms with Gasteiger partial charge >= 0.3 is 0 Å². The van der Waals surface area contributed by atoms with Crippen LogP contribution in [0.25, 0.3) is 0 Å². The largest absolute Gasteiger partial charge is 0.380 e. The number of rotatable bonds is 2. The lowest BCUT2D eigenvalue weighted by atomic mass is 9.99. The molecule has 1 aromatic carbocycles. The Morgan fingerprint density at radius 3 is 2.83 bits per heavy atom. The summed E-state index contributed by atoms with van der Waals surface area (Å²) < 4.78 is 0. The number of fused-ring (bicyclic) bond motifs is 1. The van der Waals surface area contributed by atoms with Gasteiger partial charge in [0.05, 0.1) is 17.8 Å². The number of pyridine rings is 1. The van der Waals surface area contributed by atoms with Crippen LogP contribution in [0.3, 0.4) is 0 Å². The van der Waals surface area contributed by atoms with Crippen molar-refractivity contribution in [1.29, 1.82) is 0 Å². The molecule has 3 rings (SSSR count). The maximum absolute atomic E-state index is 6.30. The summed E-state index contributed by atoms with van der Waals surface area (Å²) in [7, 11) is 0. The summed E-state index contributed by atoms with van der Waals surface area (Å²) in [6.07, 6.45) is 1.78. The fraction of sp³-hybridized carbons (Fsp3) is 0.214. The van der Waals surface area contributed by atoms with Crippen molar-refractivity contribution >= 4 is 11.5 Å². The van der Waals surface area contributed by atoms with Crippen molar-refractivity contribution < 1.29 is 0 Å². The number of nitrogens with two attached hydrogens (primary N) is 1. The molecule has 0 amide bonds. The van der Waals surface area contributed by atoms with Crippen molar-refractivity contribution in [3.63, 3.8) is 0 Å². The van der Waals surface area contributed by atoms with E-state index in [2.05, 4.69) is 27.8 Å². The van der Waals surface area contributed by atoms with Crippen molar-refractivity contribution in [3.8, 4) is 0 Å². The van der Waals surface area contributed by atoms with E-state index in [0.29, 0.717) is 0 Å². The smallest absolute Gasteiger partial charge is 0.149 e. The van der Waals surface area contributed by atoms with Gasteiger partial charge in [0.1, 0.15) is 5.82 Å². The topological polar surface area (TPSA) is 63.0 Å². The van der Waals surface area contributed by atoms with Crippen molar-refractivity contribution in [2.45, 2.75) is 12.1 Å². The van der Waals surface area contributed by atoms with Crippen LogP contribution in [0.1, 0.15) is 11.6 Å². The molecule has 4 N–H and O–H groups in total. The zero-order chi connectivity index (χ0) is 12.4.